The van der Waals surface area contributed by atoms with Crippen LogP contribution >= 0.6 is 0 Å². The molecular formula is C17H21FN2O2. The number of likely N-dealkylation sites (tertiary alicyclic amines) is 1. The smallest absolute Gasteiger partial charge is 0.127 e. The van der Waals surface area contributed by atoms with Gasteiger partial charge in [-0.25, -0.2) is 4.39 Å². The Balaban J connectivity index is 1.75. The second-order valence-corrected chi connectivity index (χ2v) is 6.19. The third-order valence-corrected chi connectivity index (χ3v) is 4.82. The fraction of sp³-hybridized carbons (Fsp3) is 0.588. The Morgan fingerprint density at radius 3 is 3.05 bits per heavy atom. The number of nitrogens with zero attached hydrogens (tertiary/aromatic N) is 2. The molecule has 0 unspecified atom stereocenters. The van der Waals surface area contributed by atoms with Crippen molar-refractivity contribution in [1.29, 1.82) is 5.26 Å². The minimum Gasteiger partial charge on any atom is -0.393 e. The van der Waals surface area contributed by atoms with Gasteiger partial charge in [0.2, 0.25) is 0 Å². The molecular weight excluding hydrogens is 283 g/mol. The van der Waals surface area contributed by atoms with E-state index in [1.165, 1.54) is 12.1 Å². The molecule has 1 N–H and O–H groups in total. The number of benzene rings is 1. The van der Waals surface area contributed by atoms with Crippen molar-refractivity contribution >= 4 is 0 Å². The van der Waals surface area contributed by atoms with Crippen LogP contribution in [-0.4, -0.2) is 41.9 Å². The van der Waals surface area contributed by atoms with Gasteiger partial charge >= 0.3 is 0 Å². The molecule has 0 aromatic heterocycles. The highest BCUT2D eigenvalue weighted by Crippen LogP contribution is 2.31. The fourth-order valence-corrected chi connectivity index (χ4v) is 3.63. The van der Waals surface area contributed by atoms with Crippen molar-refractivity contribution in [3.05, 3.63) is 35.1 Å². The molecule has 0 radical (unpaired) electrons. The summed E-state index contributed by atoms with van der Waals surface area (Å²) in [6.07, 6.45) is 2.39. The molecule has 5 heteroatoms. The predicted octanol–water partition coefficient (Wildman–Crippen LogP) is 2.06. The van der Waals surface area contributed by atoms with Crippen molar-refractivity contribution < 1.29 is 14.2 Å². The van der Waals surface area contributed by atoms with E-state index in [2.05, 4.69) is 11.0 Å². The Labute approximate surface area is 130 Å². The zero-order chi connectivity index (χ0) is 15.5. The molecule has 1 aromatic carbocycles. The number of rotatable bonds is 3. The molecule has 0 bridgehead atoms. The van der Waals surface area contributed by atoms with Crippen LogP contribution in [0.3, 0.4) is 0 Å². The molecule has 2 aliphatic heterocycles. The first-order chi connectivity index (χ1) is 10.7. The van der Waals surface area contributed by atoms with Crippen LogP contribution in [0.4, 0.5) is 4.39 Å². The van der Waals surface area contributed by atoms with Gasteiger partial charge < -0.3 is 9.84 Å². The number of nitriles is 1. The number of hydrogen-bond donors (Lipinski definition) is 1. The van der Waals surface area contributed by atoms with Gasteiger partial charge in [0.25, 0.3) is 0 Å². The van der Waals surface area contributed by atoms with E-state index in [0.29, 0.717) is 37.3 Å². The molecule has 0 amide bonds. The van der Waals surface area contributed by atoms with E-state index < -0.39 is 0 Å². The summed E-state index contributed by atoms with van der Waals surface area (Å²) in [5, 5.41) is 19.2. The summed E-state index contributed by atoms with van der Waals surface area (Å²) in [4.78, 5) is 2.22. The Morgan fingerprint density at radius 1 is 1.41 bits per heavy atom. The van der Waals surface area contributed by atoms with Gasteiger partial charge in [0, 0.05) is 30.7 Å². The number of ether oxygens (including phenoxy) is 1. The van der Waals surface area contributed by atoms with Crippen LogP contribution in [0.25, 0.3) is 0 Å². The summed E-state index contributed by atoms with van der Waals surface area (Å²) in [6, 6.07) is 6.76. The molecule has 1 aromatic rings. The molecule has 0 spiro atoms. The Kier molecular flexibility index (Phi) is 4.72. The summed E-state index contributed by atoms with van der Waals surface area (Å²) < 4.78 is 19.5. The third-order valence-electron chi connectivity index (χ3n) is 4.82. The van der Waals surface area contributed by atoms with Crippen molar-refractivity contribution in [2.75, 3.05) is 19.8 Å². The van der Waals surface area contributed by atoms with Crippen LogP contribution in [-0.2, 0) is 11.3 Å². The predicted molar refractivity (Wildman–Crippen MR) is 79.5 cm³/mol. The van der Waals surface area contributed by atoms with E-state index in [-0.39, 0.29) is 23.9 Å². The van der Waals surface area contributed by atoms with Gasteiger partial charge in [0.05, 0.1) is 24.3 Å². The molecule has 118 valence electrons. The van der Waals surface area contributed by atoms with Crippen LogP contribution in [0.5, 0.6) is 0 Å². The van der Waals surface area contributed by atoms with Crippen molar-refractivity contribution in [3.8, 4) is 6.07 Å². The number of hydrogen-bond acceptors (Lipinski definition) is 4. The van der Waals surface area contributed by atoms with E-state index in [9.17, 15) is 9.50 Å². The first-order valence-corrected chi connectivity index (χ1v) is 7.87. The largest absolute Gasteiger partial charge is 0.393 e. The normalized spacial score (nSPS) is 29.4. The zero-order valence-corrected chi connectivity index (χ0v) is 12.5. The second-order valence-electron chi connectivity index (χ2n) is 6.19. The summed E-state index contributed by atoms with van der Waals surface area (Å²) >= 11 is 0. The maximum atomic E-state index is 14.0. The highest BCUT2D eigenvalue weighted by Gasteiger charge is 2.37. The van der Waals surface area contributed by atoms with Crippen molar-refractivity contribution in [1.82, 2.24) is 4.90 Å². The molecule has 2 saturated heterocycles. The standard InChI is InChI=1S/C17H21FN2O2/c18-15-4-3-12(9-19)8-13(15)10-20-6-1-2-16(20)14-11-22-7-5-17(14)21/h3-4,8,14,16-17,21H,1-2,5-7,10-11H2/t14-,16+,17+/m0/s1. The summed E-state index contributed by atoms with van der Waals surface area (Å²) in [6.45, 7) is 2.56. The maximum Gasteiger partial charge on any atom is 0.127 e. The highest BCUT2D eigenvalue weighted by molar-refractivity contribution is 5.33. The lowest BCUT2D eigenvalue weighted by Gasteiger charge is -2.37. The van der Waals surface area contributed by atoms with Crippen LogP contribution in [0.15, 0.2) is 18.2 Å². The highest BCUT2D eigenvalue weighted by atomic mass is 19.1. The molecule has 2 fully saturated rings. The van der Waals surface area contributed by atoms with E-state index in [1.54, 1.807) is 6.07 Å². The van der Waals surface area contributed by atoms with E-state index in [4.69, 9.17) is 10.00 Å². The molecule has 3 atom stereocenters. The molecule has 2 aliphatic rings. The van der Waals surface area contributed by atoms with E-state index in [0.717, 1.165) is 19.4 Å². The topological polar surface area (TPSA) is 56.5 Å². The first kappa shape index (κ1) is 15.4. The van der Waals surface area contributed by atoms with E-state index >= 15 is 0 Å². The summed E-state index contributed by atoms with van der Waals surface area (Å²) in [5.74, 6) is -0.177. The number of aliphatic hydroxyl groups excluding tert-OH is 1. The van der Waals surface area contributed by atoms with Crippen LogP contribution in [0.2, 0.25) is 0 Å². The summed E-state index contributed by atoms with van der Waals surface area (Å²) in [5.41, 5.74) is 1.03. The molecule has 0 aliphatic carbocycles. The van der Waals surface area contributed by atoms with E-state index in [1.807, 2.05) is 0 Å². The van der Waals surface area contributed by atoms with Crippen LogP contribution in [0, 0.1) is 23.1 Å². The summed E-state index contributed by atoms with van der Waals surface area (Å²) in [7, 11) is 0. The van der Waals surface area contributed by atoms with Gasteiger partial charge in [-0.15, -0.1) is 0 Å². The molecule has 0 saturated carbocycles. The number of halogens is 1. The second kappa shape index (κ2) is 6.74. The lowest BCUT2D eigenvalue weighted by Crippen LogP contribution is -2.45. The lowest BCUT2D eigenvalue weighted by molar-refractivity contribution is -0.0636. The van der Waals surface area contributed by atoms with Gasteiger partial charge in [-0.1, -0.05) is 0 Å². The fourth-order valence-electron chi connectivity index (χ4n) is 3.63. The average Bonchev–Trinajstić information content (AvgIpc) is 2.98. The van der Waals surface area contributed by atoms with Gasteiger partial charge in [-0.3, -0.25) is 4.90 Å². The molecule has 4 nitrogen and oxygen atoms in total. The number of aliphatic hydroxyl groups is 1. The lowest BCUT2D eigenvalue weighted by atomic mass is 9.89. The monoisotopic (exact) mass is 304 g/mol. The molecule has 2 heterocycles. The van der Waals surface area contributed by atoms with Gasteiger partial charge in [0.1, 0.15) is 5.82 Å². The SMILES string of the molecule is N#Cc1ccc(F)c(CN2CCC[C@@H]2[C@@H]2COCC[C@H]2O)c1. The van der Waals surface area contributed by atoms with Crippen molar-refractivity contribution in [2.24, 2.45) is 5.92 Å². The van der Waals surface area contributed by atoms with Crippen molar-refractivity contribution in [2.45, 2.75) is 38.0 Å². The third kappa shape index (κ3) is 3.14. The van der Waals surface area contributed by atoms with Gasteiger partial charge in [-0.05, 0) is 44.0 Å². The Bertz CT molecular complexity index is 572. The Hall–Kier alpha value is -1.48. The maximum absolute atomic E-state index is 14.0. The van der Waals surface area contributed by atoms with Gasteiger partial charge in [0.15, 0.2) is 0 Å². The van der Waals surface area contributed by atoms with Crippen molar-refractivity contribution in [3.63, 3.8) is 0 Å². The quantitative estimate of drug-likeness (QED) is 0.928. The first-order valence-electron chi connectivity index (χ1n) is 7.87. The van der Waals surface area contributed by atoms with Crippen LogP contribution in [0.1, 0.15) is 30.4 Å². The molecule has 3 rings (SSSR count). The van der Waals surface area contributed by atoms with Crippen LogP contribution < -0.4 is 0 Å². The minimum absolute atomic E-state index is 0.0958. The Morgan fingerprint density at radius 2 is 2.27 bits per heavy atom. The average molecular weight is 304 g/mol. The van der Waals surface area contributed by atoms with Gasteiger partial charge in [-0.2, -0.15) is 5.26 Å². The minimum atomic E-state index is -0.338. The zero-order valence-electron chi connectivity index (χ0n) is 12.5. The molecule has 22 heavy (non-hydrogen) atoms.